The fraction of sp³-hybridized carbons (Fsp3) is 0.500. The minimum atomic E-state index is -0.472. The van der Waals surface area contributed by atoms with E-state index in [2.05, 4.69) is 13.8 Å². The number of aliphatic hydroxyl groups excluding tert-OH is 1. The van der Waals surface area contributed by atoms with Gasteiger partial charge in [0.2, 0.25) is 7.28 Å². The van der Waals surface area contributed by atoms with Gasteiger partial charge in [0, 0.05) is 0 Å². The van der Waals surface area contributed by atoms with Crippen molar-refractivity contribution < 1.29 is 9.90 Å². The van der Waals surface area contributed by atoms with E-state index in [9.17, 15) is 9.90 Å². The Balaban J connectivity index is 3.01. The van der Waals surface area contributed by atoms with Gasteiger partial charge in [0.25, 0.3) is 0 Å². The van der Waals surface area contributed by atoms with Gasteiger partial charge in [0.15, 0.2) is 0 Å². The normalized spacial score (nSPS) is 14.5. The van der Waals surface area contributed by atoms with Crippen molar-refractivity contribution in [1.82, 2.24) is 0 Å². The molecule has 17 heavy (non-hydrogen) atoms. The maximum absolute atomic E-state index is 11.2. The summed E-state index contributed by atoms with van der Waals surface area (Å²) in [7, 11) is 1.76. The average Bonchev–Trinajstić information content (AvgIpc) is 2.25. The van der Waals surface area contributed by atoms with E-state index in [1.807, 2.05) is 24.3 Å². The number of carbonyl (C=O) groups excluding carboxylic acids is 1. The lowest BCUT2D eigenvalue weighted by atomic mass is 9.55. The molecular weight excluding hydrogens is 211 g/mol. The Morgan fingerprint density at radius 1 is 1.24 bits per heavy atom. The van der Waals surface area contributed by atoms with Gasteiger partial charge in [-0.25, -0.2) is 0 Å². The number of carbonyl (C=O) groups is 1. The second-order valence-electron chi connectivity index (χ2n) is 4.89. The molecule has 0 heterocycles. The molecule has 1 radical (unpaired) electrons. The van der Waals surface area contributed by atoms with Gasteiger partial charge in [-0.15, -0.1) is 0 Å². The van der Waals surface area contributed by atoms with Gasteiger partial charge in [-0.1, -0.05) is 43.7 Å². The molecule has 0 bridgehead atoms. The zero-order valence-corrected chi connectivity index (χ0v) is 11.0. The summed E-state index contributed by atoms with van der Waals surface area (Å²) in [6.45, 7) is 7.52. The summed E-state index contributed by atoms with van der Waals surface area (Å²) >= 11 is 0. The van der Waals surface area contributed by atoms with Crippen molar-refractivity contribution in [3.63, 3.8) is 0 Å². The monoisotopic (exact) mass is 231 g/mol. The molecule has 0 spiro atoms. The number of aliphatic hydroxyl groups is 1. The highest BCUT2D eigenvalue weighted by Gasteiger charge is 2.20. The smallest absolute Gasteiger partial charge is 0.210 e. The maximum Gasteiger partial charge on any atom is 0.210 e. The number of benzene rings is 1. The molecule has 0 aliphatic rings. The molecule has 3 heteroatoms. The lowest BCUT2D eigenvalue weighted by Gasteiger charge is -2.20. The number of hydrogen-bond donors (Lipinski definition) is 1. The zero-order chi connectivity index (χ0) is 13.0. The van der Waals surface area contributed by atoms with E-state index in [1.165, 1.54) is 0 Å². The predicted octanol–water partition coefficient (Wildman–Crippen LogP) is 2.69. The van der Waals surface area contributed by atoms with Crippen molar-refractivity contribution in [3.8, 4) is 0 Å². The van der Waals surface area contributed by atoms with Crippen molar-refractivity contribution in [2.45, 2.75) is 39.6 Å². The standard InChI is InChI=1S/C14H20BO2/c1-9(2)14(15-11(4)17)13-7-5-6-12(8-13)10(3)16/h5-10,14,16H,1-4H3. The maximum atomic E-state index is 11.2. The van der Waals surface area contributed by atoms with E-state index in [1.54, 1.807) is 21.1 Å². The predicted molar refractivity (Wildman–Crippen MR) is 71.1 cm³/mol. The molecule has 1 N–H and O–H groups in total. The molecule has 0 saturated carbocycles. The van der Waals surface area contributed by atoms with Crippen LogP contribution in [-0.2, 0) is 4.79 Å². The second-order valence-corrected chi connectivity index (χ2v) is 4.89. The van der Waals surface area contributed by atoms with Gasteiger partial charge in [0.1, 0.15) is 0 Å². The van der Waals surface area contributed by atoms with Crippen LogP contribution < -0.4 is 0 Å². The van der Waals surface area contributed by atoms with Crippen LogP contribution in [0.3, 0.4) is 0 Å². The van der Waals surface area contributed by atoms with E-state index in [4.69, 9.17) is 0 Å². The molecule has 0 aliphatic carbocycles. The van der Waals surface area contributed by atoms with Crippen LogP contribution in [0.2, 0.25) is 0 Å². The Bertz CT molecular complexity index is 386. The van der Waals surface area contributed by atoms with Gasteiger partial charge in [-0.3, -0.25) is 0 Å². The highest BCUT2D eigenvalue weighted by molar-refractivity contribution is 6.74. The van der Waals surface area contributed by atoms with Crippen molar-refractivity contribution >= 4 is 13.0 Å². The average molecular weight is 231 g/mol. The van der Waals surface area contributed by atoms with Crippen molar-refractivity contribution in [2.24, 2.45) is 5.92 Å². The van der Waals surface area contributed by atoms with E-state index in [0.29, 0.717) is 5.92 Å². The molecule has 0 saturated heterocycles. The fourth-order valence-corrected chi connectivity index (χ4v) is 1.95. The highest BCUT2D eigenvalue weighted by atomic mass is 16.3. The van der Waals surface area contributed by atoms with Crippen LogP contribution in [0.5, 0.6) is 0 Å². The van der Waals surface area contributed by atoms with Crippen LogP contribution in [-0.4, -0.2) is 18.1 Å². The number of rotatable bonds is 5. The van der Waals surface area contributed by atoms with Gasteiger partial charge in [0.05, 0.1) is 11.8 Å². The topological polar surface area (TPSA) is 37.3 Å². The Morgan fingerprint density at radius 3 is 2.29 bits per heavy atom. The molecule has 0 aromatic heterocycles. The summed E-state index contributed by atoms with van der Waals surface area (Å²) in [4.78, 5) is 11.2. The van der Waals surface area contributed by atoms with Crippen LogP contribution in [0.4, 0.5) is 0 Å². The van der Waals surface area contributed by atoms with Crippen LogP contribution in [0.1, 0.15) is 50.7 Å². The molecule has 0 aliphatic heterocycles. The summed E-state index contributed by atoms with van der Waals surface area (Å²) in [5.74, 6) is 0.481. The summed E-state index contributed by atoms with van der Waals surface area (Å²) in [5.41, 5.74) is 2.07. The lowest BCUT2D eigenvalue weighted by Crippen LogP contribution is -2.20. The third kappa shape index (κ3) is 4.01. The van der Waals surface area contributed by atoms with Crippen LogP contribution in [0, 0.1) is 5.92 Å². The first-order valence-electron chi connectivity index (χ1n) is 6.05. The van der Waals surface area contributed by atoms with Crippen LogP contribution in [0.25, 0.3) is 0 Å². The molecule has 2 atom stereocenters. The molecule has 1 aromatic carbocycles. The van der Waals surface area contributed by atoms with Gasteiger partial charge in [-0.05, 0) is 31.1 Å². The molecule has 2 nitrogen and oxygen atoms in total. The molecular formula is C14H20BO2. The summed E-state index contributed by atoms with van der Waals surface area (Å²) in [5, 5.41) is 9.57. The Morgan fingerprint density at radius 2 is 1.82 bits per heavy atom. The lowest BCUT2D eigenvalue weighted by molar-refractivity contribution is -0.110. The van der Waals surface area contributed by atoms with Crippen LogP contribution >= 0.6 is 0 Å². The molecule has 0 fully saturated rings. The molecule has 1 rings (SSSR count). The van der Waals surface area contributed by atoms with E-state index >= 15 is 0 Å². The second kappa shape index (κ2) is 6.01. The Labute approximate surface area is 104 Å². The van der Waals surface area contributed by atoms with Crippen molar-refractivity contribution in [1.29, 1.82) is 0 Å². The van der Waals surface area contributed by atoms with E-state index in [0.717, 1.165) is 11.1 Å². The first kappa shape index (κ1) is 14.0. The van der Waals surface area contributed by atoms with E-state index in [-0.39, 0.29) is 11.5 Å². The third-order valence-electron chi connectivity index (χ3n) is 2.91. The Hall–Kier alpha value is -1.09. The fourth-order valence-electron chi connectivity index (χ4n) is 1.95. The van der Waals surface area contributed by atoms with Crippen molar-refractivity contribution in [3.05, 3.63) is 35.4 Å². The first-order chi connectivity index (χ1) is 7.91. The van der Waals surface area contributed by atoms with Gasteiger partial charge in [-0.2, -0.15) is 0 Å². The molecule has 91 valence electrons. The minimum Gasteiger partial charge on any atom is -0.389 e. The number of hydrogen-bond acceptors (Lipinski definition) is 2. The molecule has 2 unspecified atom stereocenters. The van der Waals surface area contributed by atoms with Crippen LogP contribution in [0.15, 0.2) is 24.3 Å². The minimum absolute atomic E-state index is 0.0890. The van der Waals surface area contributed by atoms with Crippen molar-refractivity contribution in [2.75, 3.05) is 0 Å². The largest absolute Gasteiger partial charge is 0.389 e. The van der Waals surface area contributed by atoms with E-state index < -0.39 is 6.10 Å². The summed E-state index contributed by atoms with van der Waals surface area (Å²) < 4.78 is 0. The van der Waals surface area contributed by atoms with Gasteiger partial charge < -0.3 is 9.90 Å². The third-order valence-corrected chi connectivity index (χ3v) is 2.91. The van der Waals surface area contributed by atoms with Gasteiger partial charge >= 0.3 is 0 Å². The Kier molecular flexibility index (Phi) is 4.94. The quantitative estimate of drug-likeness (QED) is 0.791. The highest BCUT2D eigenvalue weighted by Crippen LogP contribution is 2.25. The summed E-state index contributed by atoms with van der Waals surface area (Å²) in [6, 6.07) is 7.82. The SMILES string of the molecule is CC(=O)[B]C(c1cccc(C(C)O)c1)C(C)C. The summed E-state index contributed by atoms with van der Waals surface area (Å²) in [6.07, 6.45) is -0.472. The first-order valence-corrected chi connectivity index (χ1v) is 6.05. The zero-order valence-electron chi connectivity index (χ0n) is 11.0. The molecule has 1 aromatic rings. The molecule has 0 amide bonds.